The topological polar surface area (TPSA) is 33.2 Å². The first-order valence-electron chi connectivity index (χ1n) is 6.05. The van der Waals surface area contributed by atoms with Crippen molar-refractivity contribution in [2.24, 2.45) is 0 Å². The molecule has 1 amide bonds. The standard InChI is InChI=1S/C12H18N2OS/c1-2-6-11-13-9-10(16-11)12(15)14-7-4-3-5-8-14/h9H,2-8H2,1H3. The van der Waals surface area contributed by atoms with E-state index in [0.29, 0.717) is 0 Å². The lowest BCUT2D eigenvalue weighted by molar-refractivity contribution is 0.0729. The molecule has 1 aliphatic heterocycles. The van der Waals surface area contributed by atoms with Crippen molar-refractivity contribution in [3.05, 3.63) is 16.1 Å². The van der Waals surface area contributed by atoms with Gasteiger partial charge in [0.1, 0.15) is 4.88 Å². The molecule has 1 aromatic heterocycles. The Kier molecular flexibility index (Phi) is 3.93. The van der Waals surface area contributed by atoms with Crippen molar-refractivity contribution in [1.29, 1.82) is 0 Å². The van der Waals surface area contributed by atoms with Crippen LogP contribution in [-0.2, 0) is 6.42 Å². The zero-order valence-corrected chi connectivity index (χ0v) is 10.6. The highest BCUT2D eigenvalue weighted by atomic mass is 32.1. The number of nitrogens with zero attached hydrogens (tertiary/aromatic N) is 2. The van der Waals surface area contributed by atoms with Crippen LogP contribution in [0.2, 0.25) is 0 Å². The average molecular weight is 238 g/mol. The molecule has 0 atom stereocenters. The maximum atomic E-state index is 12.1. The first-order valence-corrected chi connectivity index (χ1v) is 6.87. The fourth-order valence-electron chi connectivity index (χ4n) is 1.99. The minimum Gasteiger partial charge on any atom is -0.338 e. The molecule has 0 unspecified atom stereocenters. The molecule has 2 rings (SSSR count). The summed E-state index contributed by atoms with van der Waals surface area (Å²) in [6.07, 6.45) is 7.36. The third-order valence-corrected chi connectivity index (χ3v) is 3.92. The van der Waals surface area contributed by atoms with E-state index < -0.39 is 0 Å². The number of thiazole rings is 1. The van der Waals surface area contributed by atoms with Gasteiger partial charge >= 0.3 is 0 Å². The normalized spacial score (nSPS) is 16.4. The predicted octanol–water partition coefficient (Wildman–Crippen LogP) is 2.72. The highest BCUT2D eigenvalue weighted by Crippen LogP contribution is 2.19. The Labute approximate surface area is 100 Å². The van der Waals surface area contributed by atoms with Crippen LogP contribution in [0.4, 0.5) is 0 Å². The van der Waals surface area contributed by atoms with Crippen molar-refractivity contribution in [3.63, 3.8) is 0 Å². The number of piperidine rings is 1. The molecule has 2 heterocycles. The summed E-state index contributed by atoms with van der Waals surface area (Å²) in [4.78, 5) is 19.2. The van der Waals surface area contributed by atoms with Gasteiger partial charge in [0.25, 0.3) is 5.91 Å². The molecule has 1 aliphatic rings. The first kappa shape index (κ1) is 11.6. The lowest BCUT2D eigenvalue weighted by Crippen LogP contribution is -2.35. The number of aromatic nitrogens is 1. The van der Waals surface area contributed by atoms with Crippen molar-refractivity contribution >= 4 is 17.2 Å². The van der Waals surface area contributed by atoms with Crippen molar-refractivity contribution in [1.82, 2.24) is 9.88 Å². The Morgan fingerprint density at radius 2 is 2.19 bits per heavy atom. The van der Waals surface area contributed by atoms with Crippen molar-refractivity contribution in [2.75, 3.05) is 13.1 Å². The molecule has 1 fully saturated rings. The van der Waals surface area contributed by atoms with E-state index in [2.05, 4.69) is 11.9 Å². The molecule has 4 heteroatoms. The number of carbonyl (C=O) groups is 1. The van der Waals surface area contributed by atoms with Gasteiger partial charge in [-0.05, 0) is 32.1 Å². The Morgan fingerprint density at radius 1 is 1.44 bits per heavy atom. The van der Waals surface area contributed by atoms with Crippen LogP contribution < -0.4 is 0 Å². The number of aryl methyl sites for hydroxylation is 1. The van der Waals surface area contributed by atoms with E-state index in [1.54, 1.807) is 17.5 Å². The van der Waals surface area contributed by atoms with Crippen molar-refractivity contribution in [3.8, 4) is 0 Å². The summed E-state index contributed by atoms with van der Waals surface area (Å²) in [7, 11) is 0. The van der Waals surface area contributed by atoms with Gasteiger partial charge in [0.15, 0.2) is 0 Å². The lowest BCUT2D eigenvalue weighted by Gasteiger charge is -2.25. The Bertz CT molecular complexity index is 356. The summed E-state index contributed by atoms with van der Waals surface area (Å²) in [5, 5.41) is 1.09. The van der Waals surface area contributed by atoms with E-state index in [9.17, 15) is 4.79 Å². The summed E-state index contributed by atoms with van der Waals surface area (Å²) < 4.78 is 0. The van der Waals surface area contributed by atoms with Gasteiger partial charge in [-0.3, -0.25) is 4.79 Å². The third-order valence-electron chi connectivity index (χ3n) is 2.87. The summed E-state index contributed by atoms with van der Waals surface area (Å²) in [6.45, 7) is 3.97. The molecular formula is C12H18N2OS. The molecule has 0 N–H and O–H groups in total. The molecule has 1 saturated heterocycles. The Balaban J connectivity index is 2.01. The molecular weight excluding hydrogens is 220 g/mol. The van der Waals surface area contributed by atoms with Crippen LogP contribution in [0.5, 0.6) is 0 Å². The highest BCUT2D eigenvalue weighted by molar-refractivity contribution is 7.13. The van der Waals surface area contributed by atoms with Crippen molar-refractivity contribution < 1.29 is 4.79 Å². The number of amides is 1. The second-order valence-corrected chi connectivity index (χ2v) is 5.34. The summed E-state index contributed by atoms with van der Waals surface area (Å²) in [5.41, 5.74) is 0. The maximum absolute atomic E-state index is 12.1. The molecule has 0 bridgehead atoms. The van der Waals surface area contributed by atoms with Crippen LogP contribution >= 0.6 is 11.3 Å². The van der Waals surface area contributed by atoms with Gasteiger partial charge in [-0.1, -0.05) is 6.92 Å². The van der Waals surface area contributed by atoms with E-state index in [0.717, 1.165) is 48.7 Å². The van der Waals surface area contributed by atoms with Gasteiger partial charge in [0.05, 0.1) is 11.2 Å². The third kappa shape index (κ3) is 2.61. The SMILES string of the molecule is CCCc1ncc(C(=O)N2CCCCC2)s1. The number of likely N-dealkylation sites (tertiary alicyclic amines) is 1. The van der Waals surface area contributed by atoms with Gasteiger partial charge in [-0.15, -0.1) is 11.3 Å². The fourth-order valence-corrected chi connectivity index (χ4v) is 2.98. The lowest BCUT2D eigenvalue weighted by atomic mass is 10.1. The van der Waals surface area contributed by atoms with Crippen LogP contribution in [0.15, 0.2) is 6.20 Å². The van der Waals surface area contributed by atoms with Gasteiger partial charge in [0, 0.05) is 13.1 Å². The summed E-state index contributed by atoms with van der Waals surface area (Å²) in [5.74, 6) is 0.180. The largest absolute Gasteiger partial charge is 0.338 e. The molecule has 0 radical (unpaired) electrons. The number of carbonyl (C=O) groups excluding carboxylic acids is 1. The van der Waals surface area contributed by atoms with E-state index in [1.165, 1.54) is 6.42 Å². The zero-order chi connectivity index (χ0) is 11.4. The molecule has 0 saturated carbocycles. The Hall–Kier alpha value is -0.900. The number of hydrogen-bond donors (Lipinski definition) is 0. The second-order valence-electron chi connectivity index (χ2n) is 4.22. The summed E-state index contributed by atoms with van der Waals surface area (Å²) >= 11 is 1.56. The van der Waals surface area contributed by atoms with E-state index in [1.807, 2.05) is 4.90 Å². The number of rotatable bonds is 3. The minimum atomic E-state index is 0.180. The first-order chi connectivity index (χ1) is 7.81. The Morgan fingerprint density at radius 3 is 2.88 bits per heavy atom. The van der Waals surface area contributed by atoms with E-state index in [-0.39, 0.29) is 5.91 Å². The van der Waals surface area contributed by atoms with E-state index >= 15 is 0 Å². The quantitative estimate of drug-likeness (QED) is 0.811. The highest BCUT2D eigenvalue weighted by Gasteiger charge is 2.19. The molecule has 1 aromatic rings. The van der Waals surface area contributed by atoms with Crippen LogP contribution in [-0.4, -0.2) is 28.9 Å². The van der Waals surface area contributed by atoms with Gasteiger partial charge < -0.3 is 4.90 Å². The van der Waals surface area contributed by atoms with Crippen LogP contribution in [0.3, 0.4) is 0 Å². The number of hydrogen-bond acceptors (Lipinski definition) is 3. The summed E-state index contributed by atoms with van der Waals surface area (Å²) in [6, 6.07) is 0. The molecule has 0 aliphatic carbocycles. The zero-order valence-electron chi connectivity index (χ0n) is 9.74. The molecule has 3 nitrogen and oxygen atoms in total. The van der Waals surface area contributed by atoms with Gasteiger partial charge in [-0.25, -0.2) is 4.98 Å². The van der Waals surface area contributed by atoms with Crippen molar-refractivity contribution in [2.45, 2.75) is 39.0 Å². The van der Waals surface area contributed by atoms with Crippen LogP contribution in [0.25, 0.3) is 0 Å². The smallest absolute Gasteiger partial charge is 0.265 e. The van der Waals surface area contributed by atoms with E-state index in [4.69, 9.17) is 0 Å². The monoisotopic (exact) mass is 238 g/mol. The van der Waals surface area contributed by atoms with Crippen LogP contribution in [0.1, 0.15) is 47.3 Å². The molecule has 88 valence electrons. The minimum absolute atomic E-state index is 0.180. The molecule has 0 aromatic carbocycles. The van der Waals surface area contributed by atoms with Crippen LogP contribution in [0, 0.1) is 0 Å². The molecule has 16 heavy (non-hydrogen) atoms. The average Bonchev–Trinajstić information content (AvgIpc) is 2.78. The fraction of sp³-hybridized carbons (Fsp3) is 0.667. The predicted molar refractivity (Wildman–Crippen MR) is 65.9 cm³/mol. The molecule has 0 spiro atoms. The van der Waals surface area contributed by atoms with Gasteiger partial charge in [-0.2, -0.15) is 0 Å². The van der Waals surface area contributed by atoms with Gasteiger partial charge in [0.2, 0.25) is 0 Å². The maximum Gasteiger partial charge on any atom is 0.265 e. The second kappa shape index (κ2) is 5.43.